The second kappa shape index (κ2) is 55.5. The van der Waals surface area contributed by atoms with E-state index in [2.05, 4.69) is 45.1 Å². The Hall–Kier alpha value is -2.11. The number of unbranched alkanes of at least 4 members (excludes halogenated alkanes) is 39. The predicted molar refractivity (Wildman–Crippen MR) is 284 cm³/mol. The van der Waals surface area contributed by atoms with Gasteiger partial charge in [-0.15, -0.1) is 0 Å². The Morgan fingerprint density at radius 3 is 0.788 bits per heavy atom. The zero-order chi connectivity index (χ0) is 47.9. The summed E-state index contributed by atoms with van der Waals surface area (Å²) in [7, 11) is 0. The minimum Gasteiger partial charge on any atom is -0.462 e. The number of rotatable bonds is 54. The molecule has 1 unspecified atom stereocenters. The molecule has 0 radical (unpaired) electrons. The summed E-state index contributed by atoms with van der Waals surface area (Å²) in [4.78, 5) is 38.1. The maximum absolute atomic E-state index is 12.9. The molecule has 0 aromatic heterocycles. The van der Waals surface area contributed by atoms with Crippen molar-refractivity contribution in [3.05, 3.63) is 24.3 Å². The molecule has 0 spiro atoms. The molecule has 0 aliphatic rings. The Labute approximate surface area is 411 Å². The van der Waals surface area contributed by atoms with Crippen LogP contribution in [-0.2, 0) is 28.6 Å². The third kappa shape index (κ3) is 52.9. The summed E-state index contributed by atoms with van der Waals surface area (Å²) in [6.07, 6.45) is 64.6. The average Bonchev–Trinajstić information content (AvgIpc) is 3.31. The van der Waals surface area contributed by atoms with Crippen LogP contribution in [0, 0.1) is 0 Å². The van der Waals surface area contributed by atoms with Gasteiger partial charge >= 0.3 is 17.9 Å². The summed E-state index contributed by atoms with van der Waals surface area (Å²) in [6.45, 7) is 6.65. The van der Waals surface area contributed by atoms with Crippen molar-refractivity contribution in [3.63, 3.8) is 0 Å². The molecular formula is C60H112O6. The molecule has 0 aromatic carbocycles. The first-order valence-corrected chi connectivity index (χ1v) is 29.3. The van der Waals surface area contributed by atoms with Crippen LogP contribution in [0.1, 0.15) is 323 Å². The van der Waals surface area contributed by atoms with Crippen molar-refractivity contribution in [2.24, 2.45) is 0 Å². The summed E-state index contributed by atoms with van der Waals surface area (Å²) in [6, 6.07) is 0. The van der Waals surface area contributed by atoms with Gasteiger partial charge in [0, 0.05) is 19.3 Å². The van der Waals surface area contributed by atoms with Crippen molar-refractivity contribution >= 4 is 17.9 Å². The van der Waals surface area contributed by atoms with Gasteiger partial charge in [-0.2, -0.15) is 0 Å². The lowest BCUT2D eigenvalue weighted by molar-refractivity contribution is -0.167. The number of esters is 3. The molecule has 0 aliphatic heterocycles. The second-order valence-corrected chi connectivity index (χ2v) is 19.9. The highest BCUT2D eigenvalue weighted by Crippen LogP contribution is 2.17. The van der Waals surface area contributed by atoms with Crippen molar-refractivity contribution in [1.29, 1.82) is 0 Å². The van der Waals surface area contributed by atoms with Gasteiger partial charge in [-0.3, -0.25) is 14.4 Å². The molecule has 0 heterocycles. The molecule has 66 heavy (non-hydrogen) atoms. The van der Waals surface area contributed by atoms with Crippen LogP contribution in [0.5, 0.6) is 0 Å². The van der Waals surface area contributed by atoms with Crippen molar-refractivity contribution in [1.82, 2.24) is 0 Å². The first kappa shape index (κ1) is 63.9. The van der Waals surface area contributed by atoms with Crippen molar-refractivity contribution in [2.45, 2.75) is 329 Å². The molecule has 0 amide bonds. The molecule has 6 nitrogen and oxygen atoms in total. The molecule has 0 aliphatic carbocycles. The van der Waals surface area contributed by atoms with Crippen LogP contribution in [0.4, 0.5) is 0 Å². The molecule has 0 rings (SSSR count). The third-order valence-corrected chi connectivity index (χ3v) is 13.2. The van der Waals surface area contributed by atoms with E-state index in [1.165, 1.54) is 212 Å². The van der Waals surface area contributed by atoms with E-state index in [0.29, 0.717) is 19.3 Å². The smallest absolute Gasteiger partial charge is 0.306 e. The van der Waals surface area contributed by atoms with Crippen LogP contribution < -0.4 is 0 Å². The lowest BCUT2D eigenvalue weighted by Crippen LogP contribution is -2.30. The average molecular weight is 930 g/mol. The van der Waals surface area contributed by atoms with Crippen LogP contribution in [-0.4, -0.2) is 37.2 Å². The van der Waals surface area contributed by atoms with E-state index in [-0.39, 0.29) is 31.1 Å². The Bertz CT molecular complexity index is 1070. The van der Waals surface area contributed by atoms with Crippen molar-refractivity contribution in [2.75, 3.05) is 13.2 Å². The molecule has 0 aromatic rings. The Morgan fingerprint density at radius 1 is 0.288 bits per heavy atom. The van der Waals surface area contributed by atoms with Crippen LogP contribution in [0.25, 0.3) is 0 Å². The topological polar surface area (TPSA) is 78.9 Å². The molecule has 0 N–H and O–H groups in total. The molecular weight excluding hydrogens is 817 g/mol. The van der Waals surface area contributed by atoms with Gasteiger partial charge in [0.15, 0.2) is 6.10 Å². The summed E-state index contributed by atoms with van der Waals surface area (Å²) in [5.41, 5.74) is 0. The van der Waals surface area contributed by atoms with Gasteiger partial charge in [-0.05, 0) is 70.6 Å². The predicted octanol–water partition coefficient (Wildman–Crippen LogP) is 19.5. The highest BCUT2D eigenvalue weighted by molar-refractivity contribution is 5.71. The Balaban J connectivity index is 4.31. The fourth-order valence-electron chi connectivity index (χ4n) is 8.73. The highest BCUT2D eigenvalue weighted by Gasteiger charge is 2.19. The summed E-state index contributed by atoms with van der Waals surface area (Å²) >= 11 is 0. The summed E-state index contributed by atoms with van der Waals surface area (Å²) in [5.74, 6) is -0.870. The number of carbonyl (C=O) groups is 3. The zero-order valence-corrected chi connectivity index (χ0v) is 44.5. The van der Waals surface area contributed by atoms with Gasteiger partial charge in [-0.1, -0.05) is 257 Å². The fourth-order valence-corrected chi connectivity index (χ4v) is 8.73. The monoisotopic (exact) mass is 929 g/mol. The SMILES string of the molecule is CCCCC/C=C\CCCCCCCC(=O)OCC(COC(=O)CCCCCCC/C=C\CCCCCCCCCCC)OC(=O)CCCCCCCCCCCCCCCCCCCC. The zero-order valence-electron chi connectivity index (χ0n) is 44.5. The van der Waals surface area contributed by atoms with Crippen LogP contribution in [0.15, 0.2) is 24.3 Å². The van der Waals surface area contributed by atoms with E-state index in [4.69, 9.17) is 14.2 Å². The number of allylic oxidation sites excluding steroid dienone is 4. The molecule has 1 atom stereocenters. The number of hydrogen-bond donors (Lipinski definition) is 0. The van der Waals surface area contributed by atoms with Crippen LogP contribution in [0.3, 0.4) is 0 Å². The van der Waals surface area contributed by atoms with Crippen molar-refractivity contribution in [3.8, 4) is 0 Å². The largest absolute Gasteiger partial charge is 0.462 e. The van der Waals surface area contributed by atoms with Crippen LogP contribution >= 0.6 is 0 Å². The molecule has 6 heteroatoms. The lowest BCUT2D eigenvalue weighted by atomic mass is 10.0. The first-order valence-electron chi connectivity index (χ1n) is 29.3. The van der Waals surface area contributed by atoms with E-state index in [9.17, 15) is 14.4 Å². The van der Waals surface area contributed by atoms with Gasteiger partial charge in [0.2, 0.25) is 0 Å². The van der Waals surface area contributed by atoms with E-state index in [1.807, 2.05) is 0 Å². The molecule has 0 saturated carbocycles. The quantitative estimate of drug-likeness (QED) is 0.0262. The third-order valence-electron chi connectivity index (χ3n) is 13.2. The molecule has 388 valence electrons. The number of hydrogen-bond acceptors (Lipinski definition) is 6. The normalized spacial score (nSPS) is 12.1. The fraction of sp³-hybridized carbons (Fsp3) is 0.883. The van der Waals surface area contributed by atoms with E-state index >= 15 is 0 Å². The molecule has 0 bridgehead atoms. The maximum Gasteiger partial charge on any atom is 0.306 e. The number of carbonyl (C=O) groups excluding carboxylic acids is 3. The number of ether oxygens (including phenoxy) is 3. The van der Waals surface area contributed by atoms with Gasteiger partial charge in [0.1, 0.15) is 13.2 Å². The highest BCUT2D eigenvalue weighted by atomic mass is 16.6. The van der Waals surface area contributed by atoms with E-state index in [0.717, 1.165) is 70.6 Å². The minimum absolute atomic E-state index is 0.0740. The van der Waals surface area contributed by atoms with E-state index < -0.39 is 6.10 Å². The van der Waals surface area contributed by atoms with Crippen LogP contribution in [0.2, 0.25) is 0 Å². The Morgan fingerprint density at radius 2 is 0.500 bits per heavy atom. The minimum atomic E-state index is -0.774. The van der Waals surface area contributed by atoms with Crippen molar-refractivity contribution < 1.29 is 28.6 Å². The molecule has 0 saturated heterocycles. The lowest BCUT2D eigenvalue weighted by Gasteiger charge is -2.18. The van der Waals surface area contributed by atoms with Gasteiger partial charge in [0.05, 0.1) is 0 Å². The first-order chi connectivity index (χ1) is 32.5. The van der Waals surface area contributed by atoms with Gasteiger partial charge in [0.25, 0.3) is 0 Å². The van der Waals surface area contributed by atoms with Gasteiger partial charge in [-0.25, -0.2) is 0 Å². The Kier molecular flexibility index (Phi) is 53.7. The maximum atomic E-state index is 12.9. The molecule has 0 fully saturated rings. The van der Waals surface area contributed by atoms with Gasteiger partial charge < -0.3 is 14.2 Å². The van der Waals surface area contributed by atoms with E-state index in [1.54, 1.807) is 0 Å². The summed E-state index contributed by atoms with van der Waals surface area (Å²) < 4.78 is 16.9. The second-order valence-electron chi connectivity index (χ2n) is 19.9. The summed E-state index contributed by atoms with van der Waals surface area (Å²) in [5, 5.41) is 0. The standard InChI is InChI=1S/C60H112O6/c1-4-7-10-13-16-19-22-25-27-29-31-33-35-38-41-44-47-50-53-59(62)65-56-57(55-64-58(61)52-49-46-43-40-37-24-21-18-15-12-9-6-3)66-60(63)54-51-48-45-42-39-36-34-32-30-28-26-23-20-17-14-11-8-5-2/h18,21,31,33,57H,4-17,19-20,22-30,32,34-56H2,1-3H3/b21-18-,33-31-.